The molecule has 76 valence electrons. The molecule has 0 aromatic heterocycles. The molecule has 1 aromatic carbocycles. The Morgan fingerprint density at radius 2 is 1.64 bits per heavy atom. The van der Waals surface area contributed by atoms with Crippen LogP contribution in [-0.2, 0) is 0 Å². The van der Waals surface area contributed by atoms with E-state index >= 15 is 0 Å². The molecule has 0 unspecified atom stereocenters. The Morgan fingerprint density at radius 1 is 1.07 bits per heavy atom. The maximum absolute atomic E-state index is 3.54. The minimum Gasteiger partial charge on any atom is -0.368 e. The van der Waals surface area contributed by atoms with E-state index in [1.165, 1.54) is 5.69 Å². The number of piperazine rings is 1. The van der Waals surface area contributed by atoms with Gasteiger partial charge in [-0.2, -0.15) is 0 Å². The number of hydrogen-bond donors (Lipinski definition) is 1. The van der Waals surface area contributed by atoms with Crippen molar-refractivity contribution in [3.8, 4) is 0 Å². The highest BCUT2D eigenvalue weighted by Gasteiger charge is 2.20. The molecule has 2 atom stereocenters. The van der Waals surface area contributed by atoms with Crippen LogP contribution in [0, 0.1) is 0 Å². The number of nitrogens with zero attached hydrogens (tertiary/aromatic N) is 1. The van der Waals surface area contributed by atoms with Crippen molar-refractivity contribution in [2.75, 3.05) is 18.0 Å². The Labute approximate surface area is 85.9 Å². The number of nitrogens with one attached hydrogen (secondary N) is 1. The fraction of sp³-hybridized carbons (Fsp3) is 0.500. The lowest BCUT2D eigenvalue weighted by Gasteiger charge is -2.37. The van der Waals surface area contributed by atoms with Gasteiger partial charge >= 0.3 is 0 Å². The van der Waals surface area contributed by atoms with Crippen LogP contribution in [0.25, 0.3) is 0 Å². The Morgan fingerprint density at radius 3 is 2.21 bits per heavy atom. The van der Waals surface area contributed by atoms with E-state index in [0.29, 0.717) is 12.1 Å². The van der Waals surface area contributed by atoms with Crippen molar-refractivity contribution in [3.63, 3.8) is 0 Å². The van der Waals surface area contributed by atoms with Crippen molar-refractivity contribution >= 4 is 5.69 Å². The van der Waals surface area contributed by atoms with Gasteiger partial charge in [-0.25, -0.2) is 0 Å². The molecule has 1 aliphatic heterocycles. The van der Waals surface area contributed by atoms with E-state index in [2.05, 4.69) is 54.4 Å². The molecule has 1 aliphatic rings. The van der Waals surface area contributed by atoms with Gasteiger partial charge in [-0.3, -0.25) is 0 Å². The smallest absolute Gasteiger partial charge is 0.0367 e. The maximum atomic E-state index is 3.54. The van der Waals surface area contributed by atoms with E-state index in [0.717, 1.165) is 13.1 Å². The van der Waals surface area contributed by atoms with Crippen LogP contribution in [0.3, 0.4) is 0 Å². The van der Waals surface area contributed by atoms with E-state index in [4.69, 9.17) is 0 Å². The minimum absolute atomic E-state index is 0.582. The summed E-state index contributed by atoms with van der Waals surface area (Å²) in [4.78, 5) is 2.45. The average molecular weight is 190 g/mol. The van der Waals surface area contributed by atoms with E-state index < -0.39 is 0 Å². The second-order valence-corrected chi connectivity index (χ2v) is 4.21. The third kappa shape index (κ3) is 2.07. The first kappa shape index (κ1) is 9.53. The minimum atomic E-state index is 0.582. The third-order valence-corrected chi connectivity index (χ3v) is 2.68. The quantitative estimate of drug-likeness (QED) is 0.727. The molecule has 0 amide bonds. The van der Waals surface area contributed by atoms with Crippen LogP contribution >= 0.6 is 0 Å². The van der Waals surface area contributed by atoms with Crippen molar-refractivity contribution in [1.29, 1.82) is 0 Å². The van der Waals surface area contributed by atoms with Gasteiger partial charge in [-0.1, -0.05) is 18.2 Å². The largest absolute Gasteiger partial charge is 0.368 e. The molecule has 1 aromatic rings. The summed E-state index contributed by atoms with van der Waals surface area (Å²) < 4.78 is 0. The van der Waals surface area contributed by atoms with E-state index in [9.17, 15) is 0 Å². The van der Waals surface area contributed by atoms with Crippen molar-refractivity contribution < 1.29 is 0 Å². The molecule has 2 rings (SSSR count). The molecule has 2 heteroatoms. The topological polar surface area (TPSA) is 15.3 Å². The molecule has 1 heterocycles. The second-order valence-electron chi connectivity index (χ2n) is 4.21. The number of benzene rings is 1. The Balaban J connectivity index is 2.11. The standard InChI is InChI=1S/C12H18N2/c1-10-8-14(9-11(2)13-10)12-6-4-3-5-7-12/h3-7,10-11,13H,8-9H2,1-2H3/t10-,11+. The first-order valence-corrected chi connectivity index (χ1v) is 5.32. The Bertz CT molecular complexity index is 274. The van der Waals surface area contributed by atoms with Crippen LogP contribution in [0.4, 0.5) is 5.69 Å². The van der Waals surface area contributed by atoms with Gasteiger partial charge in [0.05, 0.1) is 0 Å². The Kier molecular flexibility index (Phi) is 2.73. The molecule has 0 saturated carbocycles. The van der Waals surface area contributed by atoms with Gasteiger partial charge in [-0.05, 0) is 26.0 Å². The molecular formula is C12H18N2. The van der Waals surface area contributed by atoms with E-state index in [-0.39, 0.29) is 0 Å². The molecule has 0 radical (unpaired) electrons. The van der Waals surface area contributed by atoms with Gasteiger partial charge < -0.3 is 10.2 Å². The molecule has 1 fully saturated rings. The van der Waals surface area contributed by atoms with Crippen molar-refractivity contribution in [3.05, 3.63) is 30.3 Å². The molecular weight excluding hydrogens is 172 g/mol. The molecule has 2 nitrogen and oxygen atoms in total. The van der Waals surface area contributed by atoms with Crippen molar-refractivity contribution in [1.82, 2.24) is 5.32 Å². The zero-order chi connectivity index (χ0) is 9.97. The van der Waals surface area contributed by atoms with Crippen LogP contribution in [0.2, 0.25) is 0 Å². The van der Waals surface area contributed by atoms with E-state index in [1.807, 2.05) is 0 Å². The van der Waals surface area contributed by atoms with Crippen LogP contribution in [0.15, 0.2) is 30.3 Å². The van der Waals surface area contributed by atoms with Crippen molar-refractivity contribution in [2.45, 2.75) is 25.9 Å². The molecule has 0 aliphatic carbocycles. The molecule has 1 saturated heterocycles. The summed E-state index contributed by atoms with van der Waals surface area (Å²) >= 11 is 0. The predicted molar refractivity (Wildman–Crippen MR) is 60.7 cm³/mol. The zero-order valence-electron chi connectivity index (χ0n) is 8.90. The van der Waals surface area contributed by atoms with Crippen LogP contribution < -0.4 is 10.2 Å². The third-order valence-electron chi connectivity index (χ3n) is 2.68. The van der Waals surface area contributed by atoms with Gasteiger partial charge in [0, 0.05) is 30.9 Å². The van der Waals surface area contributed by atoms with Gasteiger partial charge in [-0.15, -0.1) is 0 Å². The maximum Gasteiger partial charge on any atom is 0.0367 e. The average Bonchev–Trinajstić information content (AvgIpc) is 2.18. The summed E-state index contributed by atoms with van der Waals surface area (Å²) in [7, 11) is 0. The number of rotatable bonds is 1. The molecule has 0 bridgehead atoms. The zero-order valence-corrected chi connectivity index (χ0v) is 8.90. The lowest BCUT2D eigenvalue weighted by Crippen LogP contribution is -2.54. The highest BCUT2D eigenvalue weighted by atomic mass is 15.2. The molecule has 1 N–H and O–H groups in total. The number of para-hydroxylation sites is 1. The van der Waals surface area contributed by atoms with Crippen LogP contribution in [-0.4, -0.2) is 25.2 Å². The fourth-order valence-corrected chi connectivity index (χ4v) is 2.18. The van der Waals surface area contributed by atoms with Crippen molar-refractivity contribution in [2.24, 2.45) is 0 Å². The second kappa shape index (κ2) is 4.01. The van der Waals surface area contributed by atoms with E-state index in [1.54, 1.807) is 0 Å². The molecule has 14 heavy (non-hydrogen) atoms. The summed E-state index contributed by atoms with van der Waals surface area (Å²) in [5, 5.41) is 3.54. The number of anilines is 1. The summed E-state index contributed by atoms with van der Waals surface area (Å²) in [6, 6.07) is 11.8. The fourth-order valence-electron chi connectivity index (χ4n) is 2.18. The lowest BCUT2D eigenvalue weighted by molar-refractivity contribution is 0.407. The highest BCUT2D eigenvalue weighted by molar-refractivity contribution is 5.46. The monoisotopic (exact) mass is 190 g/mol. The summed E-state index contributed by atoms with van der Waals surface area (Å²) in [6.45, 7) is 6.69. The first-order valence-electron chi connectivity index (χ1n) is 5.32. The van der Waals surface area contributed by atoms with Crippen LogP contribution in [0.1, 0.15) is 13.8 Å². The number of hydrogen-bond acceptors (Lipinski definition) is 2. The van der Waals surface area contributed by atoms with Gasteiger partial charge in [0.25, 0.3) is 0 Å². The lowest BCUT2D eigenvalue weighted by atomic mass is 10.1. The summed E-state index contributed by atoms with van der Waals surface area (Å²) in [5.74, 6) is 0. The highest BCUT2D eigenvalue weighted by Crippen LogP contribution is 2.16. The summed E-state index contributed by atoms with van der Waals surface area (Å²) in [6.07, 6.45) is 0. The molecule has 0 spiro atoms. The van der Waals surface area contributed by atoms with Gasteiger partial charge in [0.1, 0.15) is 0 Å². The SMILES string of the molecule is C[C@@H]1CN(c2ccccc2)C[C@H](C)N1. The van der Waals surface area contributed by atoms with Gasteiger partial charge in [0.15, 0.2) is 0 Å². The van der Waals surface area contributed by atoms with Gasteiger partial charge in [0.2, 0.25) is 0 Å². The van der Waals surface area contributed by atoms with Crippen LogP contribution in [0.5, 0.6) is 0 Å². The summed E-state index contributed by atoms with van der Waals surface area (Å²) in [5.41, 5.74) is 1.34. The first-order chi connectivity index (χ1) is 6.75. The Hall–Kier alpha value is -1.02. The predicted octanol–water partition coefficient (Wildman–Crippen LogP) is 1.87. The normalized spacial score (nSPS) is 27.7.